The van der Waals surface area contributed by atoms with Crippen LogP contribution in [0.3, 0.4) is 0 Å². The minimum atomic E-state index is 0.615. The van der Waals surface area contributed by atoms with Crippen molar-refractivity contribution in [1.82, 2.24) is 60.0 Å². The quantitative estimate of drug-likeness (QED) is 0.139. The van der Waals surface area contributed by atoms with Gasteiger partial charge in [-0.15, -0.1) is 22.7 Å². The van der Waals surface area contributed by atoms with E-state index in [1.54, 1.807) is 69.6 Å². The van der Waals surface area contributed by atoms with Gasteiger partial charge in [-0.2, -0.15) is 21.5 Å². The third-order valence-corrected chi connectivity index (χ3v) is 37.6. The van der Waals surface area contributed by atoms with Gasteiger partial charge in [0.2, 0.25) is 0 Å². The number of thiophene rings is 3. The summed E-state index contributed by atoms with van der Waals surface area (Å²) in [5.74, 6) is 22.5. The van der Waals surface area contributed by atoms with Crippen LogP contribution < -0.4 is 0 Å². The molecule has 0 spiro atoms. The Hall–Kier alpha value is -10.1. The van der Waals surface area contributed by atoms with Crippen LogP contribution >= 0.6 is 34.0 Å². The van der Waals surface area contributed by atoms with Gasteiger partial charge in [-0.05, 0) is 289 Å². The molecule has 14 aromatic heterocycles. The van der Waals surface area contributed by atoms with Gasteiger partial charge in [0.25, 0.3) is 0 Å². The molecule has 18 heteroatoms. The molecule has 134 heavy (non-hydrogen) atoms. The van der Waals surface area contributed by atoms with E-state index in [1.807, 2.05) is 121 Å². The molecule has 0 aliphatic heterocycles. The maximum Gasteiger partial charge on any atom is 0.115 e. The van der Waals surface area contributed by atoms with Gasteiger partial charge in [-0.1, -0.05) is 206 Å². The molecule has 14 aliphatic rings. The Morgan fingerprint density at radius 2 is 0.515 bits per heavy atom. The SMILES string of the molecule is CC1c2cccnc2C1C.CC1c2cccnc2C1C.CC1c2ccncc2C1C.CC1c2ccncc2C1C.CC1c2ccoc2C1C.CC1c2ccoc2C1C.CC1c2ccsc2C1C.CC1c2ccsc2C1C.CC1c2cncnc2C1C.CC1c2cncnc2C1C.CC1c2cnncc2C1C.CC1c2cocc2C1C.CC1c2cscc2C1C.CC1c2nccnc2C1C. The normalized spacial score (nSPS) is 29.9. The van der Waals surface area contributed by atoms with Crippen LogP contribution in [0.15, 0.2) is 208 Å². The first kappa shape index (κ1) is 98.4. The van der Waals surface area contributed by atoms with Crippen LogP contribution in [0.2, 0.25) is 0 Å². The van der Waals surface area contributed by atoms with Crippen molar-refractivity contribution < 1.29 is 13.3 Å². The Kier molecular flexibility index (Phi) is 31.0. The summed E-state index contributed by atoms with van der Waals surface area (Å²) >= 11 is 5.64. The number of pyridine rings is 4. The first-order chi connectivity index (χ1) is 64.3. The first-order valence-corrected chi connectivity index (χ1v) is 52.4. The number of rotatable bonds is 0. The summed E-state index contributed by atoms with van der Waals surface area (Å²) in [5.41, 5.74) is 33.6. The molecule has 0 saturated carbocycles. The van der Waals surface area contributed by atoms with Crippen LogP contribution in [-0.4, -0.2) is 60.0 Å². The maximum absolute atomic E-state index is 5.23. The topological polar surface area (TPSA) is 194 Å². The standard InChI is InChI=1S/4C9H11N.4C8H10N2.3C8H10O.3C8H10S/c2*1-6-7(2)9-5-10-4-3-8(6)9;2*1-6-7(2)9-8(6)4-3-5-10-9;2*1-5-6(2)8-7(5)3-9-4-10-8;1-5-6(2)8-4-10-9-3-7(5)8;1-5-6(2)8-7(5)9-3-4-10-8;1-5-6(2)8-4-9-3-7(5)8;2*1-5-6(2)8-7(5)3-4-9-8;1-5-6(2)8-4-9-3-7(5)8;2*1-5-6(2)8-7(5)3-4-9-8/h4*3-7H,1-2H3;4*3-6H,1-2H3;6*3-6H,1-2H3. The average Bonchev–Trinajstić information content (AvgIpc) is 1.75. The molecule has 14 aromatic rings. The van der Waals surface area contributed by atoms with E-state index in [-0.39, 0.29) is 0 Å². The predicted octanol–water partition coefficient (Wildman–Crippen LogP) is 32.4. The third kappa shape index (κ3) is 19.0. The zero-order valence-electron chi connectivity index (χ0n) is 84.5. The molecule has 0 aromatic carbocycles. The monoisotopic (exact) mass is 1850 g/mol. The average molecular weight is 1850 g/mol. The van der Waals surface area contributed by atoms with E-state index >= 15 is 0 Å². The zero-order valence-corrected chi connectivity index (χ0v) is 86.9. The van der Waals surface area contributed by atoms with E-state index in [9.17, 15) is 0 Å². The number of nitrogens with zero attached hydrogens (tertiary/aromatic N) is 12. The van der Waals surface area contributed by atoms with Crippen molar-refractivity contribution in [3.05, 3.63) is 350 Å². The van der Waals surface area contributed by atoms with Gasteiger partial charge < -0.3 is 13.3 Å². The fraction of sp³-hybridized carbons (Fsp3) is 0.483. The van der Waals surface area contributed by atoms with Gasteiger partial charge in [-0.25, -0.2) is 19.9 Å². The lowest BCUT2D eigenvalue weighted by atomic mass is 9.71. The van der Waals surface area contributed by atoms with Crippen molar-refractivity contribution in [2.45, 2.75) is 360 Å². The highest BCUT2D eigenvalue weighted by molar-refractivity contribution is 7.10. The molecule has 28 atom stereocenters. The van der Waals surface area contributed by atoms with Gasteiger partial charge in [0.1, 0.15) is 24.2 Å². The van der Waals surface area contributed by atoms with E-state index in [1.165, 1.54) is 124 Å². The Balaban J connectivity index is 0.000000110. The Bertz CT molecular complexity index is 4850. The lowest BCUT2D eigenvalue weighted by Gasteiger charge is -2.33. The highest BCUT2D eigenvalue weighted by Gasteiger charge is 2.41. The molecule has 704 valence electrons. The van der Waals surface area contributed by atoms with Crippen molar-refractivity contribution in [2.24, 2.45) is 0 Å². The number of aromatic nitrogens is 12. The molecule has 0 saturated heterocycles. The number of fused-ring (bicyclic) bond motifs is 14. The van der Waals surface area contributed by atoms with Crippen LogP contribution in [0.25, 0.3) is 0 Å². The Morgan fingerprint density at radius 1 is 0.216 bits per heavy atom. The van der Waals surface area contributed by atoms with Crippen molar-refractivity contribution in [1.29, 1.82) is 0 Å². The molecule has 28 unspecified atom stereocenters. The Labute approximate surface area is 811 Å². The molecular formula is C116H144N12O3S3. The smallest absolute Gasteiger partial charge is 0.115 e. The summed E-state index contributed by atoms with van der Waals surface area (Å²) in [5, 5.41) is 16.6. The highest BCUT2D eigenvalue weighted by Crippen LogP contribution is 2.55. The summed E-state index contributed by atoms with van der Waals surface area (Å²) < 4.78 is 15.5. The number of hydrogen-bond donors (Lipinski definition) is 0. The summed E-state index contributed by atoms with van der Waals surface area (Å²) in [6.07, 6.45) is 33.1. The Morgan fingerprint density at radius 3 is 0.866 bits per heavy atom. The fourth-order valence-corrected chi connectivity index (χ4v) is 24.8. The van der Waals surface area contributed by atoms with Crippen LogP contribution in [0.5, 0.6) is 0 Å². The second-order valence-corrected chi connectivity index (χ2v) is 43.7. The molecule has 14 aliphatic carbocycles. The van der Waals surface area contributed by atoms with Crippen LogP contribution in [-0.2, 0) is 0 Å². The second kappa shape index (κ2) is 42.2. The summed E-state index contributed by atoms with van der Waals surface area (Å²) in [4.78, 5) is 44.8. The highest BCUT2D eigenvalue weighted by atomic mass is 32.1. The molecule has 14 heterocycles. The number of furan rings is 3. The molecule has 28 rings (SSSR count). The molecule has 0 fully saturated rings. The van der Waals surface area contributed by atoms with Crippen LogP contribution in [0, 0.1) is 0 Å². The van der Waals surface area contributed by atoms with E-state index in [4.69, 9.17) is 13.3 Å². The molecule has 0 radical (unpaired) electrons. The van der Waals surface area contributed by atoms with Crippen LogP contribution in [0.4, 0.5) is 0 Å². The van der Waals surface area contributed by atoms with E-state index in [0.717, 1.165) is 94.7 Å². The molecule has 0 N–H and O–H groups in total. The van der Waals surface area contributed by atoms with Crippen molar-refractivity contribution in [3.63, 3.8) is 0 Å². The van der Waals surface area contributed by atoms with Gasteiger partial charge in [0.15, 0.2) is 0 Å². The summed E-state index contributed by atoms with van der Waals surface area (Å²) in [6, 6.07) is 21.3. The molecule has 0 bridgehead atoms. The third-order valence-electron chi connectivity index (χ3n) is 34.5. The van der Waals surface area contributed by atoms with E-state index in [2.05, 4.69) is 324 Å². The van der Waals surface area contributed by atoms with Gasteiger partial charge >= 0.3 is 0 Å². The predicted molar refractivity (Wildman–Crippen MR) is 550 cm³/mol. The minimum absolute atomic E-state index is 0.615. The molecule has 0 amide bonds. The zero-order chi connectivity index (χ0) is 95.7. The van der Waals surface area contributed by atoms with Crippen molar-refractivity contribution in [2.75, 3.05) is 0 Å². The lowest BCUT2D eigenvalue weighted by molar-refractivity contribution is 0.393. The van der Waals surface area contributed by atoms with E-state index < -0.39 is 0 Å². The summed E-state index contributed by atoms with van der Waals surface area (Å²) in [6.45, 7) is 63.0. The van der Waals surface area contributed by atoms with E-state index in [0.29, 0.717) is 71.0 Å². The van der Waals surface area contributed by atoms with Crippen molar-refractivity contribution >= 4 is 34.0 Å². The molecule has 15 nitrogen and oxygen atoms in total. The van der Waals surface area contributed by atoms with Crippen molar-refractivity contribution in [3.8, 4) is 0 Å². The maximum atomic E-state index is 5.23. The minimum Gasteiger partial charge on any atom is -0.472 e. The lowest BCUT2D eigenvalue weighted by Crippen LogP contribution is -2.22. The van der Waals surface area contributed by atoms with Crippen LogP contribution in [0.1, 0.15) is 515 Å². The van der Waals surface area contributed by atoms with Gasteiger partial charge in [0, 0.05) is 130 Å². The number of hydrogen-bond acceptors (Lipinski definition) is 18. The largest absolute Gasteiger partial charge is 0.472 e. The first-order valence-electron chi connectivity index (χ1n) is 49.7. The second-order valence-electron chi connectivity index (χ2n) is 41.0. The van der Waals surface area contributed by atoms with Gasteiger partial charge in [0.05, 0.1) is 60.2 Å². The fourth-order valence-electron chi connectivity index (χ4n) is 21.4. The molecular weight excluding hydrogens is 1710 g/mol. The summed E-state index contributed by atoms with van der Waals surface area (Å²) in [7, 11) is 0. The van der Waals surface area contributed by atoms with Gasteiger partial charge in [-0.3, -0.25) is 29.9 Å².